The van der Waals surface area contributed by atoms with E-state index in [1.54, 1.807) is 31.2 Å². The number of carbonyl (C=O) groups is 4. The molecule has 43 heavy (non-hydrogen) atoms. The molecular weight excluding hydrogens is 584 g/mol. The number of methoxy groups -OCH3 is 1. The number of carboxylic acids is 1. The van der Waals surface area contributed by atoms with Gasteiger partial charge in [0.15, 0.2) is 18.1 Å². The van der Waals surface area contributed by atoms with Gasteiger partial charge in [-0.25, -0.2) is 14.6 Å². The van der Waals surface area contributed by atoms with E-state index in [-0.39, 0.29) is 53.7 Å². The van der Waals surface area contributed by atoms with Crippen LogP contribution in [-0.4, -0.2) is 56.9 Å². The summed E-state index contributed by atoms with van der Waals surface area (Å²) in [7, 11) is 1.29. The number of benzene rings is 2. The third-order valence-corrected chi connectivity index (χ3v) is 6.19. The molecule has 0 spiro atoms. The summed E-state index contributed by atoms with van der Waals surface area (Å²) in [6.07, 6.45) is 0. The second-order valence-corrected chi connectivity index (χ2v) is 9.03. The van der Waals surface area contributed by atoms with Gasteiger partial charge >= 0.3 is 11.9 Å². The highest BCUT2D eigenvalue weighted by molar-refractivity contribution is 5.97. The van der Waals surface area contributed by atoms with Gasteiger partial charge in [0.2, 0.25) is 5.95 Å². The minimum atomic E-state index is -1.32. The Bertz CT molecular complexity index is 1690. The molecule has 9 N–H and O–H groups in total. The number of hydrogen-bond acceptors (Lipinski definition) is 11. The fourth-order valence-electron chi connectivity index (χ4n) is 4.04. The Labute approximate surface area is 250 Å². The van der Waals surface area contributed by atoms with Gasteiger partial charge in [-0.15, -0.1) is 12.4 Å². The molecule has 2 aromatic heterocycles. The average molecular weight is 613 g/mol. The van der Waals surface area contributed by atoms with Gasteiger partial charge in [-0.1, -0.05) is 18.2 Å². The third kappa shape index (κ3) is 7.09. The van der Waals surface area contributed by atoms with Crippen molar-refractivity contribution in [2.45, 2.75) is 19.5 Å². The standard InChI is InChI=1S/C18H18N6O5.C9H10N2O2.ClH/c1-8(9-3-5-10(6-4-9)17(28)29-2)21-15(25)11-7-12(16(26)27)24-14(22-11)13(19)23-18(24)20;10-4-6-1-2-8-7(3-6)11-9(12)5-13-8;/h3-8H,19H2,1-2H3,(H2,20,23)(H,21,25)(H,26,27);1-3H,4-5,10H2,(H,11,12);1H/t8-;;/m0../s1. The first kappa shape index (κ1) is 32.1. The molecule has 2 aromatic carbocycles. The van der Waals surface area contributed by atoms with E-state index in [1.165, 1.54) is 7.11 Å². The summed E-state index contributed by atoms with van der Waals surface area (Å²) < 4.78 is 10.9. The summed E-state index contributed by atoms with van der Waals surface area (Å²) in [6.45, 7) is 2.28. The Balaban J connectivity index is 0.000000302. The van der Waals surface area contributed by atoms with Gasteiger partial charge in [0.25, 0.3) is 11.8 Å². The highest BCUT2D eigenvalue weighted by atomic mass is 35.5. The van der Waals surface area contributed by atoms with E-state index in [4.69, 9.17) is 21.9 Å². The second kappa shape index (κ2) is 13.5. The van der Waals surface area contributed by atoms with Gasteiger partial charge in [0, 0.05) is 12.6 Å². The van der Waals surface area contributed by atoms with Gasteiger partial charge in [-0.05, 0) is 42.3 Å². The maximum Gasteiger partial charge on any atom is 0.353 e. The summed E-state index contributed by atoms with van der Waals surface area (Å²) in [5, 5.41) is 14.9. The quantitative estimate of drug-likeness (QED) is 0.171. The fourth-order valence-corrected chi connectivity index (χ4v) is 4.04. The number of rotatable bonds is 6. The van der Waals surface area contributed by atoms with Crippen molar-refractivity contribution in [1.82, 2.24) is 19.7 Å². The molecule has 2 amide bonds. The third-order valence-electron chi connectivity index (χ3n) is 6.19. The van der Waals surface area contributed by atoms with Crippen molar-refractivity contribution in [3.05, 3.63) is 76.6 Å². The molecule has 0 unspecified atom stereocenters. The number of carboxylic acid groups (broad SMARTS) is 1. The van der Waals surface area contributed by atoms with Crippen molar-refractivity contribution in [1.29, 1.82) is 0 Å². The number of nitrogen functional groups attached to an aromatic ring is 2. The predicted molar refractivity (Wildman–Crippen MR) is 158 cm³/mol. The molecule has 0 bridgehead atoms. The zero-order chi connectivity index (χ0) is 30.6. The molecule has 0 saturated heterocycles. The molecule has 4 aromatic rings. The number of ether oxygens (including phenoxy) is 2. The van der Waals surface area contributed by atoms with Gasteiger partial charge in [0.05, 0.1) is 24.4 Å². The number of aromatic nitrogens is 3. The summed E-state index contributed by atoms with van der Waals surface area (Å²) in [6, 6.07) is 12.7. The number of imidazole rings is 1. The fraction of sp³-hybridized carbons (Fsp3) is 0.185. The van der Waals surface area contributed by atoms with E-state index in [0.29, 0.717) is 23.5 Å². The lowest BCUT2D eigenvalue weighted by molar-refractivity contribution is -0.118. The summed E-state index contributed by atoms with van der Waals surface area (Å²) >= 11 is 0. The Morgan fingerprint density at radius 3 is 2.47 bits per heavy atom. The van der Waals surface area contributed by atoms with Crippen LogP contribution in [0.2, 0.25) is 0 Å². The summed E-state index contributed by atoms with van der Waals surface area (Å²) in [5.74, 6) is -2.05. The van der Waals surface area contributed by atoms with Crippen molar-refractivity contribution in [2.24, 2.45) is 5.73 Å². The molecule has 0 radical (unpaired) electrons. The highest BCUT2D eigenvalue weighted by Crippen LogP contribution is 2.28. The van der Waals surface area contributed by atoms with Crippen LogP contribution in [0.3, 0.4) is 0 Å². The monoisotopic (exact) mass is 612 g/mol. The predicted octanol–water partition coefficient (Wildman–Crippen LogP) is 1.77. The van der Waals surface area contributed by atoms with Crippen LogP contribution in [0.5, 0.6) is 5.75 Å². The van der Waals surface area contributed by atoms with Crippen molar-refractivity contribution < 1.29 is 33.8 Å². The van der Waals surface area contributed by atoms with E-state index in [9.17, 15) is 24.3 Å². The first-order chi connectivity index (χ1) is 20.0. The molecule has 3 heterocycles. The maximum atomic E-state index is 12.6. The number of aromatic carboxylic acids is 1. The molecule has 15 nitrogen and oxygen atoms in total. The van der Waals surface area contributed by atoms with E-state index in [2.05, 4.69) is 25.3 Å². The van der Waals surface area contributed by atoms with E-state index >= 15 is 0 Å². The van der Waals surface area contributed by atoms with Crippen molar-refractivity contribution in [3.8, 4) is 5.75 Å². The minimum absolute atomic E-state index is 0. The number of nitrogens with one attached hydrogen (secondary N) is 2. The van der Waals surface area contributed by atoms with Crippen molar-refractivity contribution in [3.63, 3.8) is 0 Å². The molecule has 226 valence electrons. The first-order valence-corrected chi connectivity index (χ1v) is 12.4. The topological polar surface area (TPSA) is 239 Å². The number of carbonyl (C=O) groups excluding carboxylic acids is 3. The molecule has 1 aliphatic rings. The summed E-state index contributed by atoms with van der Waals surface area (Å²) in [5.41, 5.74) is 19.2. The summed E-state index contributed by atoms with van der Waals surface area (Å²) in [4.78, 5) is 54.6. The van der Waals surface area contributed by atoms with Crippen LogP contribution in [-0.2, 0) is 16.1 Å². The molecule has 0 aliphatic carbocycles. The van der Waals surface area contributed by atoms with Crippen LogP contribution in [0.1, 0.15) is 55.4 Å². The second-order valence-electron chi connectivity index (χ2n) is 9.03. The van der Waals surface area contributed by atoms with Crippen LogP contribution in [0.25, 0.3) is 5.65 Å². The van der Waals surface area contributed by atoms with Gasteiger partial charge < -0.3 is 42.4 Å². The lowest BCUT2D eigenvalue weighted by Gasteiger charge is -2.18. The number of amides is 2. The van der Waals surface area contributed by atoms with Gasteiger partial charge in [0.1, 0.15) is 17.1 Å². The first-order valence-electron chi connectivity index (χ1n) is 12.4. The van der Waals surface area contributed by atoms with Crippen LogP contribution >= 0.6 is 12.4 Å². The Kier molecular flexibility index (Phi) is 10.1. The number of anilines is 3. The highest BCUT2D eigenvalue weighted by Gasteiger charge is 2.22. The number of hydrogen-bond donors (Lipinski definition) is 6. The average Bonchev–Trinajstić information content (AvgIpc) is 3.28. The molecule has 5 rings (SSSR count). The van der Waals surface area contributed by atoms with Crippen LogP contribution in [0.4, 0.5) is 17.5 Å². The van der Waals surface area contributed by atoms with Gasteiger partial charge in [-0.3, -0.25) is 14.0 Å². The van der Waals surface area contributed by atoms with Gasteiger partial charge in [-0.2, -0.15) is 4.98 Å². The Morgan fingerprint density at radius 1 is 1.14 bits per heavy atom. The molecule has 0 saturated carbocycles. The van der Waals surface area contributed by atoms with Crippen LogP contribution in [0.15, 0.2) is 48.5 Å². The molecular formula is C27H29ClN8O7. The smallest absolute Gasteiger partial charge is 0.353 e. The van der Waals surface area contributed by atoms with Crippen LogP contribution < -0.4 is 32.6 Å². The Morgan fingerprint density at radius 2 is 1.84 bits per heavy atom. The van der Waals surface area contributed by atoms with E-state index < -0.39 is 23.9 Å². The normalized spacial score (nSPS) is 12.3. The van der Waals surface area contributed by atoms with Crippen molar-refractivity contribution >= 4 is 59.3 Å². The molecule has 1 aliphatic heterocycles. The number of nitrogens with two attached hydrogens (primary N) is 3. The SMILES string of the molecule is COC(=O)c1ccc([C@H](C)NC(=O)c2cc(C(=O)O)n3c(N)nc(N)c3n2)cc1.Cl.NCc1ccc2c(c1)NC(=O)CO2. The van der Waals surface area contributed by atoms with Crippen molar-refractivity contribution in [2.75, 3.05) is 30.5 Å². The number of fused-ring (bicyclic) bond motifs is 2. The Hall–Kier alpha value is -5.41. The zero-order valence-electron chi connectivity index (χ0n) is 23.0. The lowest BCUT2D eigenvalue weighted by Crippen LogP contribution is -2.28. The minimum Gasteiger partial charge on any atom is -0.482 e. The van der Waals surface area contributed by atoms with Crippen LogP contribution in [0, 0.1) is 0 Å². The lowest BCUT2D eigenvalue weighted by atomic mass is 10.1. The van der Waals surface area contributed by atoms with E-state index in [0.717, 1.165) is 21.6 Å². The van der Waals surface area contributed by atoms with E-state index in [1.807, 2.05) is 18.2 Å². The number of nitrogens with zero attached hydrogens (tertiary/aromatic N) is 3. The molecule has 1 atom stereocenters. The number of esters is 1. The maximum absolute atomic E-state index is 12.6. The molecule has 0 fully saturated rings. The number of halogens is 1. The zero-order valence-corrected chi connectivity index (χ0v) is 23.8. The largest absolute Gasteiger partial charge is 0.482 e. The molecule has 16 heteroatoms.